The molecule has 0 atom stereocenters. The highest BCUT2D eigenvalue weighted by molar-refractivity contribution is 5.91. The summed E-state index contributed by atoms with van der Waals surface area (Å²) in [7, 11) is 3.16. The molecule has 3 heterocycles. The van der Waals surface area contributed by atoms with Gasteiger partial charge in [0.2, 0.25) is 5.91 Å². The minimum atomic E-state index is -0.0902. The van der Waals surface area contributed by atoms with Crippen LogP contribution in [0.5, 0.6) is 11.5 Å². The van der Waals surface area contributed by atoms with Gasteiger partial charge in [0.25, 0.3) is 0 Å². The lowest BCUT2D eigenvalue weighted by Crippen LogP contribution is -2.30. The Labute approximate surface area is 212 Å². The van der Waals surface area contributed by atoms with Crippen molar-refractivity contribution in [2.24, 2.45) is 0 Å². The number of hydrogen-bond donors (Lipinski definition) is 1. The second kappa shape index (κ2) is 11.9. The summed E-state index contributed by atoms with van der Waals surface area (Å²) in [4.78, 5) is 14.9. The molecule has 2 aromatic heterocycles. The average Bonchev–Trinajstić information content (AvgIpc) is 3.16. The molecule has 3 aromatic rings. The molecule has 9 nitrogen and oxygen atoms in total. The van der Waals surface area contributed by atoms with E-state index in [2.05, 4.69) is 25.5 Å². The zero-order valence-corrected chi connectivity index (χ0v) is 21.5. The molecule has 0 spiro atoms. The number of piperidine rings is 1. The number of carbonyl (C=O) groups excluding carboxylic acids is 1. The van der Waals surface area contributed by atoms with Crippen LogP contribution >= 0.6 is 12.4 Å². The first-order valence-corrected chi connectivity index (χ1v) is 11.7. The number of amides is 1. The fourth-order valence-corrected chi connectivity index (χ4v) is 4.32. The number of anilines is 2. The Bertz CT molecular complexity index is 1120. The van der Waals surface area contributed by atoms with Gasteiger partial charge >= 0.3 is 0 Å². The smallest absolute Gasteiger partial charge is 0.224 e. The lowest BCUT2D eigenvalue weighted by atomic mass is 10.1. The minimum Gasteiger partial charge on any atom is -0.497 e. The number of methoxy groups -OCH3 is 2. The summed E-state index contributed by atoms with van der Waals surface area (Å²) in [5.41, 5.74) is 3.53. The van der Waals surface area contributed by atoms with Crippen molar-refractivity contribution in [3.05, 3.63) is 47.3 Å². The van der Waals surface area contributed by atoms with Crippen molar-refractivity contribution in [2.75, 3.05) is 37.5 Å². The summed E-state index contributed by atoms with van der Waals surface area (Å²) in [5, 5.41) is 16.5. The van der Waals surface area contributed by atoms with Gasteiger partial charge in [-0.3, -0.25) is 4.79 Å². The van der Waals surface area contributed by atoms with E-state index in [-0.39, 0.29) is 18.3 Å². The van der Waals surface area contributed by atoms with Crippen molar-refractivity contribution in [1.82, 2.24) is 20.0 Å². The molecule has 0 saturated carbocycles. The number of benzene rings is 1. The summed E-state index contributed by atoms with van der Waals surface area (Å²) in [6.45, 7) is 6.02. The van der Waals surface area contributed by atoms with E-state index in [1.54, 1.807) is 32.4 Å². The van der Waals surface area contributed by atoms with Crippen molar-refractivity contribution in [1.29, 1.82) is 0 Å². The van der Waals surface area contributed by atoms with Crippen LogP contribution in [0.2, 0.25) is 0 Å². The van der Waals surface area contributed by atoms with Crippen LogP contribution in [0.25, 0.3) is 5.82 Å². The first-order valence-electron chi connectivity index (χ1n) is 11.7. The van der Waals surface area contributed by atoms with Crippen LogP contribution in [-0.2, 0) is 11.2 Å². The van der Waals surface area contributed by atoms with Crippen LogP contribution in [0.3, 0.4) is 0 Å². The molecule has 1 amide bonds. The lowest BCUT2D eigenvalue weighted by Gasteiger charge is -2.27. The molecule has 35 heavy (non-hydrogen) atoms. The van der Waals surface area contributed by atoms with E-state index < -0.39 is 0 Å². The molecule has 0 bridgehead atoms. The van der Waals surface area contributed by atoms with Crippen molar-refractivity contribution in [3.63, 3.8) is 0 Å². The zero-order valence-electron chi connectivity index (χ0n) is 20.7. The molecule has 0 radical (unpaired) electrons. The maximum atomic E-state index is 12.6. The average molecular weight is 501 g/mol. The van der Waals surface area contributed by atoms with Gasteiger partial charge in [-0.25, -0.2) is 4.68 Å². The zero-order chi connectivity index (χ0) is 24.1. The topological polar surface area (TPSA) is 94.4 Å². The van der Waals surface area contributed by atoms with Crippen LogP contribution in [0.15, 0.2) is 30.3 Å². The molecule has 1 aliphatic heterocycles. The first kappa shape index (κ1) is 26.3. The Morgan fingerprint density at radius 1 is 0.971 bits per heavy atom. The second-order valence-electron chi connectivity index (χ2n) is 8.51. The molecule has 1 aromatic carbocycles. The van der Waals surface area contributed by atoms with E-state index >= 15 is 0 Å². The third-order valence-electron chi connectivity index (χ3n) is 6.21. The maximum absolute atomic E-state index is 12.6. The molecule has 1 fully saturated rings. The van der Waals surface area contributed by atoms with Crippen LogP contribution in [-0.4, -0.2) is 53.2 Å². The Morgan fingerprint density at radius 3 is 2.20 bits per heavy atom. The molecular weight excluding hydrogens is 468 g/mol. The lowest BCUT2D eigenvalue weighted by molar-refractivity contribution is -0.116. The SMILES string of the molecule is COc1cc(NC(=O)CCc2c(C)nn(-c3ccc(N4CCCCC4)nn3)c2C)cc(OC)c1.Cl. The van der Waals surface area contributed by atoms with Gasteiger partial charge in [-0.15, -0.1) is 22.6 Å². The third kappa shape index (κ3) is 6.22. The second-order valence-corrected chi connectivity index (χ2v) is 8.51. The first-order chi connectivity index (χ1) is 16.5. The van der Waals surface area contributed by atoms with Gasteiger partial charge in [-0.05, 0) is 57.2 Å². The molecule has 1 saturated heterocycles. The summed E-state index contributed by atoms with van der Waals surface area (Å²) < 4.78 is 12.3. The predicted molar refractivity (Wildman–Crippen MR) is 138 cm³/mol. The highest BCUT2D eigenvalue weighted by Gasteiger charge is 2.17. The maximum Gasteiger partial charge on any atom is 0.224 e. The Balaban J connectivity index is 0.00000342. The quantitative estimate of drug-likeness (QED) is 0.493. The van der Waals surface area contributed by atoms with E-state index in [4.69, 9.17) is 9.47 Å². The Morgan fingerprint density at radius 2 is 1.60 bits per heavy atom. The number of nitrogens with zero attached hydrogens (tertiary/aromatic N) is 5. The van der Waals surface area contributed by atoms with Crippen LogP contribution in [0.1, 0.15) is 42.6 Å². The Kier molecular flexibility index (Phi) is 8.92. The summed E-state index contributed by atoms with van der Waals surface area (Å²) in [5.74, 6) is 2.74. The van der Waals surface area contributed by atoms with Crippen LogP contribution < -0.4 is 19.7 Å². The minimum absolute atomic E-state index is 0. The summed E-state index contributed by atoms with van der Waals surface area (Å²) in [6, 6.07) is 9.27. The number of aryl methyl sites for hydroxylation is 1. The Hall–Kier alpha value is -3.33. The molecule has 0 unspecified atom stereocenters. The largest absolute Gasteiger partial charge is 0.497 e. The fraction of sp³-hybridized carbons (Fsp3) is 0.440. The predicted octanol–water partition coefficient (Wildman–Crippen LogP) is 4.28. The van der Waals surface area contributed by atoms with Crippen LogP contribution in [0, 0.1) is 13.8 Å². The third-order valence-corrected chi connectivity index (χ3v) is 6.21. The van der Waals surface area contributed by atoms with Crippen molar-refractivity contribution < 1.29 is 14.3 Å². The molecular formula is C25H33ClN6O3. The normalized spacial score (nSPS) is 13.2. The summed E-state index contributed by atoms with van der Waals surface area (Å²) >= 11 is 0. The van der Waals surface area contributed by atoms with E-state index in [0.29, 0.717) is 35.8 Å². The van der Waals surface area contributed by atoms with Gasteiger partial charge in [-0.1, -0.05) is 0 Å². The van der Waals surface area contributed by atoms with Crippen LogP contribution in [0.4, 0.5) is 11.5 Å². The van der Waals surface area contributed by atoms with E-state index in [0.717, 1.165) is 35.9 Å². The van der Waals surface area contributed by atoms with Crippen molar-refractivity contribution in [3.8, 4) is 17.3 Å². The van der Waals surface area contributed by atoms with Gasteiger partial charge in [0.15, 0.2) is 11.6 Å². The van der Waals surface area contributed by atoms with Gasteiger partial charge in [0, 0.05) is 49.1 Å². The number of carbonyl (C=O) groups is 1. The molecule has 10 heteroatoms. The highest BCUT2D eigenvalue weighted by atomic mass is 35.5. The van der Waals surface area contributed by atoms with Gasteiger partial charge in [0.05, 0.1) is 19.9 Å². The molecule has 1 aliphatic rings. The van der Waals surface area contributed by atoms with Gasteiger partial charge in [0.1, 0.15) is 11.5 Å². The number of aromatic nitrogens is 4. The van der Waals surface area contributed by atoms with Crippen molar-refractivity contribution >= 4 is 29.8 Å². The standard InChI is InChI=1S/C25H32N6O3.ClH/c1-17-22(8-11-25(32)26-19-14-20(33-3)16-21(15-19)34-4)18(2)31(29-17)24-10-9-23(27-28-24)30-12-6-5-7-13-30;/h9-10,14-16H,5-8,11-13H2,1-4H3,(H,26,32);1H. The van der Waals surface area contributed by atoms with E-state index in [1.807, 2.05) is 30.7 Å². The highest BCUT2D eigenvalue weighted by Crippen LogP contribution is 2.26. The molecule has 1 N–H and O–H groups in total. The number of hydrogen-bond acceptors (Lipinski definition) is 7. The monoisotopic (exact) mass is 500 g/mol. The number of rotatable bonds is 8. The fourth-order valence-electron chi connectivity index (χ4n) is 4.32. The molecule has 188 valence electrons. The van der Waals surface area contributed by atoms with Gasteiger partial charge in [-0.2, -0.15) is 5.10 Å². The van der Waals surface area contributed by atoms with E-state index in [9.17, 15) is 4.79 Å². The molecule has 4 rings (SSSR count). The summed E-state index contributed by atoms with van der Waals surface area (Å²) in [6.07, 6.45) is 4.57. The van der Waals surface area contributed by atoms with Gasteiger partial charge < -0.3 is 19.7 Å². The number of ether oxygens (including phenoxy) is 2. The van der Waals surface area contributed by atoms with Crippen molar-refractivity contribution in [2.45, 2.75) is 46.0 Å². The molecule has 0 aliphatic carbocycles. The van der Waals surface area contributed by atoms with E-state index in [1.165, 1.54) is 19.3 Å². The number of nitrogens with one attached hydrogen (secondary N) is 1. The number of halogens is 1.